The predicted molar refractivity (Wildman–Crippen MR) is 91.6 cm³/mol. The van der Waals surface area contributed by atoms with Crippen LogP contribution in [-0.4, -0.2) is 16.0 Å². The highest BCUT2D eigenvalue weighted by Gasteiger charge is 2.26. The molecule has 2 heterocycles. The Morgan fingerprint density at radius 3 is 2.54 bits per heavy atom. The van der Waals surface area contributed by atoms with E-state index in [1.54, 1.807) is 9.36 Å². The van der Waals surface area contributed by atoms with Gasteiger partial charge in [-0.3, -0.25) is 9.48 Å². The van der Waals surface area contributed by atoms with Gasteiger partial charge in [-0.1, -0.05) is 23.2 Å². The largest absolute Gasteiger partial charge is 0.492 e. The molecule has 0 unspecified atom stereocenters. The number of nitrogens with zero attached hydrogens (tertiary/aromatic N) is 2. The molecule has 0 saturated heterocycles. The summed E-state index contributed by atoms with van der Waals surface area (Å²) in [6, 6.07) is 2.69. The van der Waals surface area contributed by atoms with E-state index in [1.165, 1.54) is 12.1 Å². The summed E-state index contributed by atoms with van der Waals surface area (Å²) in [5.74, 6) is 0.372. The topological polar surface area (TPSA) is 36.2 Å². The zero-order valence-electron chi connectivity index (χ0n) is 13.0. The number of hydrogen-bond acceptors (Lipinski definition) is 2. The van der Waals surface area contributed by atoms with E-state index in [-0.39, 0.29) is 26.9 Å². The number of benzene rings is 1. The summed E-state index contributed by atoms with van der Waals surface area (Å²) < 4.78 is 23.5. The molecule has 0 amide bonds. The highest BCUT2D eigenvalue weighted by molar-refractivity contribution is 6.33. The average molecular weight is 371 g/mol. The Balaban J connectivity index is 1.79. The van der Waals surface area contributed by atoms with Crippen molar-refractivity contribution < 1.29 is 9.13 Å². The first-order chi connectivity index (χ1) is 11.6. The highest BCUT2D eigenvalue weighted by Crippen LogP contribution is 2.37. The molecule has 128 valence electrons. The molecular formula is C17H17Cl2FN2O2. The number of halogens is 3. The zero-order chi connectivity index (χ0) is 16.8. The van der Waals surface area contributed by atoms with Gasteiger partial charge < -0.3 is 4.74 Å². The van der Waals surface area contributed by atoms with E-state index in [4.69, 9.17) is 27.9 Å². The summed E-state index contributed by atoms with van der Waals surface area (Å²) in [4.78, 5) is 12.7. The molecular weight excluding hydrogens is 354 g/mol. The Hall–Kier alpha value is -1.46. The Morgan fingerprint density at radius 1 is 1.17 bits per heavy atom. The maximum absolute atomic E-state index is 14.5. The Labute approximate surface area is 148 Å². The van der Waals surface area contributed by atoms with Crippen LogP contribution in [-0.2, 0) is 13.1 Å². The molecule has 1 aliphatic carbocycles. The van der Waals surface area contributed by atoms with Crippen LogP contribution in [0.4, 0.5) is 4.39 Å². The molecule has 1 fully saturated rings. The normalized spacial score (nSPS) is 17.0. The van der Waals surface area contributed by atoms with E-state index in [1.807, 2.05) is 0 Å². The minimum absolute atomic E-state index is 0.148. The molecule has 1 aromatic heterocycles. The van der Waals surface area contributed by atoms with Gasteiger partial charge in [-0.2, -0.15) is 0 Å². The minimum atomic E-state index is -0.568. The van der Waals surface area contributed by atoms with E-state index in [2.05, 4.69) is 0 Å². The highest BCUT2D eigenvalue weighted by atomic mass is 35.5. The van der Waals surface area contributed by atoms with Gasteiger partial charge in [0.05, 0.1) is 17.2 Å². The molecule has 4 rings (SSSR count). The molecule has 0 spiro atoms. The predicted octanol–water partition coefficient (Wildman–Crippen LogP) is 4.35. The molecule has 0 atom stereocenters. The maximum Gasteiger partial charge on any atom is 0.276 e. The second kappa shape index (κ2) is 6.12. The van der Waals surface area contributed by atoms with E-state index in [9.17, 15) is 9.18 Å². The van der Waals surface area contributed by atoms with Crippen molar-refractivity contribution in [2.45, 2.75) is 38.8 Å². The first-order valence-electron chi connectivity index (χ1n) is 8.17. The first kappa shape index (κ1) is 16.0. The number of ether oxygens (including phenoxy) is 1. The lowest BCUT2D eigenvalue weighted by molar-refractivity contribution is 0.299. The molecule has 1 aromatic carbocycles. The van der Waals surface area contributed by atoms with Gasteiger partial charge in [-0.05, 0) is 43.7 Å². The lowest BCUT2D eigenvalue weighted by Crippen LogP contribution is -2.27. The number of fused-ring (bicyclic) bond motifs is 1. The molecule has 0 radical (unpaired) electrons. The molecule has 24 heavy (non-hydrogen) atoms. The van der Waals surface area contributed by atoms with Gasteiger partial charge in [-0.25, -0.2) is 9.07 Å². The van der Waals surface area contributed by atoms with Crippen LogP contribution in [0.15, 0.2) is 16.9 Å². The molecule has 7 heteroatoms. The van der Waals surface area contributed by atoms with Crippen molar-refractivity contribution in [3.05, 3.63) is 38.5 Å². The lowest BCUT2D eigenvalue weighted by atomic mass is 10.1. The first-order valence-corrected chi connectivity index (χ1v) is 8.93. The monoisotopic (exact) mass is 370 g/mol. The summed E-state index contributed by atoms with van der Waals surface area (Å²) >= 11 is 12.5. The number of hydrogen-bond donors (Lipinski definition) is 0. The molecule has 4 nitrogen and oxygen atoms in total. The summed E-state index contributed by atoms with van der Waals surface area (Å²) in [7, 11) is 0. The Morgan fingerprint density at radius 2 is 1.88 bits per heavy atom. The van der Waals surface area contributed by atoms with Crippen LogP contribution in [0.5, 0.6) is 5.75 Å². The fourth-order valence-corrected chi connectivity index (χ4v) is 3.64. The van der Waals surface area contributed by atoms with Crippen molar-refractivity contribution in [1.82, 2.24) is 9.36 Å². The third-order valence-electron chi connectivity index (χ3n) is 4.62. The van der Waals surface area contributed by atoms with Crippen LogP contribution in [0.2, 0.25) is 10.2 Å². The van der Waals surface area contributed by atoms with Crippen LogP contribution in [0.25, 0.3) is 11.1 Å². The van der Waals surface area contributed by atoms with Crippen molar-refractivity contribution in [3.63, 3.8) is 0 Å². The smallest absolute Gasteiger partial charge is 0.276 e. The average Bonchev–Trinajstić information content (AvgIpc) is 3.36. The van der Waals surface area contributed by atoms with Crippen molar-refractivity contribution >= 4 is 23.2 Å². The second-order valence-electron chi connectivity index (χ2n) is 6.44. The summed E-state index contributed by atoms with van der Waals surface area (Å²) in [5, 5.41) is 0.478. The van der Waals surface area contributed by atoms with Crippen molar-refractivity contribution in [3.8, 4) is 16.9 Å². The van der Waals surface area contributed by atoms with E-state index < -0.39 is 5.82 Å². The Kier molecular flexibility index (Phi) is 4.09. The quantitative estimate of drug-likeness (QED) is 0.802. The fraction of sp³-hybridized carbons (Fsp3) is 0.471. The van der Waals surface area contributed by atoms with Gasteiger partial charge >= 0.3 is 0 Å². The van der Waals surface area contributed by atoms with Crippen molar-refractivity contribution in [2.24, 2.45) is 5.92 Å². The van der Waals surface area contributed by atoms with Gasteiger partial charge in [0.2, 0.25) is 0 Å². The molecule has 1 aliphatic heterocycles. The number of aromatic nitrogens is 2. The fourth-order valence-electron chi connectivity index (χ4n) is 3.08. The van der Waals surface area contributed by atoms with Gasteiger partial charge in [0.15, 0.2) is 0 Å². The van der Waals surface area contributed by atoms with Gasteiger partial charge in [0, 0.05) is 18.7 Å². The minimum Gasteiger partial charge on any atom is -0.492 e. The molecule has 2 aromatic rings. The third-order valence-corrected chi connectivity index (χ3v) is 5.30. The zero-order valence-corrected chi connectivity index (χ0v) is 14.5. The van der Waals surface area contributed by atoms with Gasteiger partial charge in [0.25, 0.3) is 5.56 Å². The summed E-state index contributed by atoms with van der Waals surface area (Å²) in [5.41, 5.74) is 0.0627. The van der Waals surface area contributed by atoms with E-state index >= 15 is 0 Å². The molecule has 2 aliphatic rings. The van der Waals surface area contributed by atoms with Gasteiger partial charge in [-0.15, -0.1) is 0 Å². The SMILES string of the molecule is O=c1c(-c2cc(OCC3CC3)c(Cl)cc2F)c(Cl)n2n1CCCC2. The van der Waals surface area contributed by atoms with Crippen molar-refractivity contribution in [1.29, 1.82) is 0 Å². The standard InChI is InChI=1S/C17H17Cl2FN2O2/c18-12-8-13(20)11(7-14(12)24-9-10-3-4-10)15-16(19)21-5-1-2-6-22(21)17(15)23/h7-8,10H,1-6,9H2. The maximum atomic E-state index is 14.5. The van der Waals surface area contributed by atoms with Crippen LogP contribution in [0.3, 0.4) is 0 Å². The molecule has 1 saturated carbocycles. The van der Waals surface area contributed by atoms with E-state index in [0.29, 0.717) is 31.4 Å². The molecule has 0 bridgehead atoms. The van der Waals surface area contributed by atoms with Gasteiger partial charge in [0.1, 0.15) is 16.7 Å². The lowest BCUT2D eigenvalue weighted by Gasteiger charge is -2.17. The number of rotatable bonds is 4. The van der Waals surface area contributed by atoms with Crippen molar-refractivity contribution in [2.75, 3.05) is 6.61 Å². The van der Waals surface area contributed by atoms with E-state index in [0.717, 1.165) is 25.7 Å². The molecule has 0 N–H and O–H groups in total. The Bertz CT molecular complexity index is 855. The summed E-state index contributed by atoms with van der Waals surface area (Å²) in [6.45, 7) is 1.82. The third kappa shape index (κ3) is 2.74. The van der Waals surface area contributed by atoms with Crippen LogP contribution >= 0.6 is 23.2 Å². The van der Waals surface area contributed by atoms with Crippen LogP contribution in [0, 0.1) is 11.7 Å². The van der Waals surface area contributed by atoms with Crippen LogP contribution in [0.1, 0.15) is 25.7 Å². The van der Waals surface area contributed by atoms with Crippen LogP contribution < -0.4 is 10.3 Å². The second-order valence-corrected chi connectivity index (χ2v) is 7.21. The summed E-state index contributed by atoms with van der Waals surface area (Å²) in [6.07, 6.45) is 4.15.